The summed E-state index contributed by atoms with van der Waals surface area (Å²) >= 11 is 0. The van der Waals surface area contributed by atoms with Crippen LogP contribution in [0.3, 0.4) is 0 Å². The zero-order chi connectivity index (χ0) is 18.4. The fourth-order valence-corrected chi connectivity index (χ4v) is 3.15. The minimum atomic E-state index is -0.342. The molecule has 0 radical (unpaired) electrons. The number of aliphatic hydroxyl groups excluding tert-OH is 1. The van der Waals surface area contributed by atoms with E-state index in [0.29, 0.717) is 18.5 Å². The van der Waals surface area contributed by atoms with Crippen LogP contribution in [0.4, 0.5) is 4.39 Å². The van der Waals surface area contributed by atoms with Crippen LogP contribution in [-0.2, 0) is 11.2 Å². The molecule has 1 heterocycles. The Morgan fingerprint density at radius 3 is 2.85 bits per heavy atom. The molecule has 0 saturated carbocycles. The van der Waals surface area contributed by atoms with Gasteiger partial charge in [-0.25, -0.2) is 4.39 Å². The zero-order valence-electron chi connectivity index (χ0n) is 14.5. The van der Waals surface area contributed by atoms with Crippen molar-refractivity contribution in [3.05, 3.63) is 71.7 Å². The Morgan fingerprint density at radius 1 is 1.19 bits per heavy atom. The number of hydrogen-bond donors (Lipinski definition) is 3. The van der Waals surface area contributed by atoms with E-state index in [4.69, 9.17) is 0 Å². The van der Waals surface area contributed by atoms with Crippen LogP contribution in [0.15, 0.2) is 54.7 Å². The maximum absolute atomic E-state index is 13.3. The number of halogens is 1. The lowest BCUT2D eigenvalue weighted by Gasteiger charge is -2.15. The predicted octanol–water partition coefficient (Wildman–Crippen LogP) is 3.52. The van der Waals surface area contributed by atoms with Crippen molar-refractivity contribution in [2.45, 2.75) is 25.2 Å². The number of carbonyl (C=O) groups is 1. The summed E-state index contributed by atoms with van der Waals surface area (Å²) in [6.07, 6.45) is 3.98. The number of aryl methyl sites for hydroxylation is 1. The van der Waals surface area contributed by atoms with Crippen LogP contribution in [0.25, 0.3) is 10.9 Å². The Morgan fingerprint density at radius 2 is 2.04 bits per heavy atom. The lowest BCUT2D eigenvalue weighted by Crippen LogP contribution is -2.29. The summed E-state index contributed by atoms with van der Waals surface area (Å²) in [7, 11) is 0. The number of aliphatic hydroxyl groups is 1. The standard InChI is InChI=1S/C21H23FN2O2/c22-18-7-3-5-15(11-18)17(14-25)13-24-21(26)10-4-6-16-12-23-20-9-2-1-8-19(16)20/h1-3,5,7-9,11-12,17,23,25H,4,6,10,13-14H2,(H,24,26). The molecule has 0 fully saturated rings. The van der Waals surface area contributed by atoms with Crippen molar-refractivity contribution in [3.8, 4) is 0 Å². The molecule has 4 nitrogen and oxygen atoms in total. The molecule has 1 aromatic heterocycles. The number of H-pyrrole nitrogens is 1. The van der Waals surface area contributed by atoms with Crippen molar-refractivity contribution >= 4 is 16.8 Å². The van der Waals surface area contributed by atoms with Gasteiger partial charge in [-0.05, 0) is 42.2 Å². The minimum absolute atomic E-state index is 0.0558. The van der Waals surface area contributed by atoms with Gasteiger partial charge in [0.25, 0.3) is 0 Å². The third-order valence-electron chi connectivity index (χ3n) is 4.61. The molecule has 136 valence electrons. The third-order valence-corrected chi connectivity index (χ3v) is 4.61. The highest BCUT2D eigenvalue weighted by Crippen LogP contribution is 2.19. The molecule has 3 rings (SSSR count). The van der Waals surface area contributed by atoms with Crippen LogP contribution >= 0.6 is 0 Å². The van der Waals surface area contributed by atoms with Crippen LogP contribution in [0.5, 0.6) is 0 Å². The second kappa shape index (κ2) is 8.63. The lowest BCUT2D eigenvalue weighted by atomic mass is 10.00. The normalized spacial score (nSPS) is 12.2. The number of fused-ring (bicyclic) bond motifs is 1. The zero-order valence-corrected chi connectivity index (χ0v) is 14.5. The number of aromatic nitrogens is 1. The molecule has 0 aliphatic heterocycles. The highest BCUT2D eigenvalue weighted by atomic mass is 19.1. The van der Waals surface area contributed by atoms with Crippen LogP contribution < -0.4 is 5.32 Å². The van der Waals surface area contributed by atoms with E-state index in [0.717, 1.165) is 18.4 Å². The highest BCUT2D eigenvalue weighted by Gasteiger charge is 2.13. The quantitative estimate of drug-likeness (QED) is 0.579. The molecule has 5 heteroatoms. The maximum Gasteiger partial charge on any atom is 0.220 e. The fourth-order valence-electron chi connectivity index (χ4n) is 3.15. The van der Waals surface area contributed by atoms with E-state index in [-0.39, 0.29) is 24.2 Å². The Bertz CT molecular complexity index is 875. The summed E-state index contributed by atoms with van der Waals surface area (Å²) in [5.41, 5.74) is 3.00. The third kappa shape index (κ3) is 4.49. The SMILES string of the molecule is O=C(CCCc1c[nH]c2ccccc12)NCC(CO)c1cccc(F)c1. The number of nitrogens with one attached hydrogen (secondary N) is 2. The summed E-state index contributed by atoms with van der Waals surface area (Å²) in [5.74, 6) is -0.700. The van der Waals surface area contributed by atoms with Crippen molar-refractivity contribution < 1.29 is 14.3 Å². The fraction of sp³-hybridized carbons (Fsp3) is 0.286. The second-order valence-electron chi connectivity index (χ2n) is 6.45. The molecule has 0 spiro atoms. The monoisotopic (exact) mass is 354 g/mol. The smallest absolute Gasteiger partial charge is 0.220 e. The van der Waals surface area contributed by atoms with E-state index in [1.54, 1.807) is 12.1 Å². The average molecular weight is 354 g/mol. The van der Waals surface area contributed by atoms with Crippen molar-refractivity contribution in [1.29, 1.82) is 0 Å². The molecule has 1 atom stereocenters. The van der Waals surface area contributed by atoms with E-state index in [1.807, 2.05) is 24.4 Å². The summed E-state index contributed by atoms with van der Waals surface area (Å²) in [4.78, 5) is 15.3. The molecular formula is C21H23FN2O2. The molecule has 3 aromatic rings. The summed E-state index contributed by atoms with van der Waals surface area (Å²) < 4.78 is 13.3. The first kappa shape index (κ1) is 18.1. The van der Waals surface area contributed by atoms with Gasteiger partial charge in [-0.1, -0.05) is 30.3 Å². The van der Waals surface area contributed by atoms with Crippen LogP contribution in [0, 0.1) is 5.82 Å². The number of hydrogen-bond acceptors (Lipinski definition) is 2. The van der Waals surface area contributed by atoms with Gasteiger partial charge in [0.1, 0.15) is 5.82 Å². The Hall–Kier alpha value is -2.66. The van der Waals surface area contributed by atoms with Crippen molar-refractivity contribution in [2.75, 3.05) is 13.2 Å². The molecule has 0 aliphatic rings. The minimum Gasteiger partial charge on any atom is -0.396 e. The molecule has 2 aromatic carbocycles. The topological polar surface area (TPSA) is 65.1 Å². The Balaban J connectivity index is 1.46. The van der Waals surface area contributed by atoms with Gasteiger partial charge in [-0.3, -0.25) is 4.79 Å². The van der Waals surface area contributed by atoms with E-state index >= 15 is 0 Å². The molecule has 0 aliphatic carbocycles. The number of carbonyl (C=O) groups excluding carboxylic acids is 1. The van der Waals surface area contributed by atoms with Gasteiger partial charge in [-0.15, -0.1) is 0 Å². The molecule has 1 amide bonds. The van der Waals surface area contributed by atoms with Gasteiger partial charge in [-0.2, -0.15) is 0 Å². The van der Waals surface area contributed by atoms with Gasteiger partial charge in [0.15, 0.2) is 0 Å². The van der Waals surface area contributed by atoms with Crippen LogP contribution in [-0.4, -0.2) is 29.1 Å². The van der Waals surface area contributed by atoms with E-state index in [2.05, 4.69) is 16.4 Å². The van der Waals surface area contributed by atoms with Gasteiger partial charge in [0, 0.05) is 36.0 Å². The average Bonchev–Trinajstić information content (AvgIpc) is 3.06. The molecule has 26 heavy (non-hydrogen) atoms. The molecular weight excluding hydrogens is 331 g/mol. The summed E-state index contributed by atoms with van der Waals surface area (Å²) in [6, 6.07) is 14.2. The largest absolute Gasteiger partial charge is 0.396 e. The van der Waals surface area contributed by atoms with Crippen molar-refractivity contribution in [1.82, 2.24) is 10.3 Å². The number of benzene rings is 2. The number of para-hydroxylation sites is 1. The van der Waals surface area contributed by atoms with Crippen molar-refractivity contribution in [3.63, 3.8) is 0 Å². The van der Waals surface area contributed by atoms with E-state index in [1.165, 1.54) is 23.1 Å². The maximum atomic E-state index is 13.3. The highest BCUT2D eigenvalue weighted by molar-refractivity contribution is 5.83. The molecule has 0 saturated heterocycles. The van der Waals surface area contributed by atoms with Gasteiger partial charge >= 0.3 is 0 Å². The van der Waals surface area contributed by atoms with Crippen LogP contribution in [0.2, 0.25) is 0 Å². The number of amides is 1. The Labute approximate surface area is 152 Å². The Kier molecular flexibility index (Phi) is 6.02. The first-order chi connectivity index (χ1) is 12.7. The lowest BCUT2D eigenvalue weighted by molar-refractivity contribution is -0.121. The number of rotatable bonds is 8. The predicted molar refractivity (Wildman–Crippen MR) is 100 cm³/mol. The van der Waals surface area contributed by atoms with E-state index < -0.39 is 0 Å². The van der Waals surface area contributed by atoms with Gasteiger partial charge < -0.3 is 15.4 Å². The number of aromatic amines is 1. The summed E-state index contributed by atoms with van der Waals surface area (Å²) in [5, 5.41) is 13.5. The van der Waals surface area contributed by atoms with Crippen LogP contribution in [0.1, 0.15) is 29.9 Å². The van der Waals surface area contributed by atoms with E-state index in [9.17, 15) is 14.3 Å². The second-order valence-corrected chi connectivity index (χ2v) is 6.45. The van der Waals surface area contributed by atoms with Gasteiger partial charge in [0.2, 0.25) is 5.91 Å². The molecule has 1 unspecified atom stereocenters. The first-order valence-corrected chi connectivity index (χ1v) is 8.85. The molecule has 3 N–H and O–H groups in total. The van der Waals surface area contributed by atoms with Crippen molar-refractivity contribution in [2.24, 2.45) is 0 Å². The molecule has 0 bridgehead atoms. The van der Waals surface area contributed by atoms with Gasteiger partial charge in [0.05, 0.1) is 6.61 Å². The first-order valence-electron chi connectivity index (χ1n) is 8.85. The summed E-state index contributed by atoms with van der Waals surface area (Å²) in [6.45, 7) is 0.158.